The zero-order valence-electron chi connectivity index (χ0n) is 25.0. The summed E-state index contributed by atoms with van der Waals surface area (Å²) in [5.74, 6) is -1.61. The molecule has 0 spiro atoms. The highest BCUT2D eigenvalue weighted by Gasteiger charge is 2.39. The highest BCUT2D eigenvalue weighted by atomic mass is 19.4. The van der Waals surface area contributed by atoms with Crippen molar-refractivity contribution in [3.8, 4) is 0 Å². The van der Waals surface area contributed by atoms with Gasteiger partial charge in [-0.3, -0.25) is 4.79 Å². The van der Waals surface area contributed by atoms with Gasteiger partial charge in [0.25, 0.3) is 5.91 Å². The van der Waals surface area contributed by atoms with E-state index >= 15 is 0 Å². The molecule has 1 aliphatic carbocycles. The van der Waals surface area contributed by atoms with Crippen LogP contribution in [0.4, 0.5) is 26.3 Å². The number of allylic oxidation sites excluding steroid dienone is 5. The minimum absolute atomic E-state index is 0.0584. The average Bonchev–Trinajstić information content (AvgIpc) is 3.20. The molecule has 2 atom stereocenters. The van der Waals surface area contributed by atoms with Gasteiger partial charge in [0.2, 0.25) is 0 Å². The molecule has 0 radical (unpaired) electrons. The van der Waals surface area contributed by atoms with Crippen LogP contribution in [0.3, 0.4) is 0 Å². The first-order valence-electron chi connectivity index (χ1n) is 14.1. The summed E-state index contributed by atoms with van der Waals surface area (Å²) in [6.07, 6.45) is -2.02. The number of alkyl halides is 6. The Morgan fingerprint density at radius 1 is 1.09 bits per heavy atom. The SMILES string of the molecule is C=C(C1=CCC(Cn2c(C)c(C)c3cc(C(=O)NC(C)c4ccc(C(F)(F)F)cc4C(F)(F)F)ccc32)C=C1)C(=CC)C(=O)O. The Balaban J connectivity index is 1.54. The molecule has 0 aliphatic heterocycles. The summed E-state index contributed by atoms with van der Waals surface area (Å²) >= 11 is 0. The Bertz CT molecular complexity index is 1770. The zero-order valence-corrected chi connectivity index (χ0v) is 25.0. The van der Waals surface area contributed by atoms with Gasteiger partial charge in [0.1, 0.15) is 0 Å². The fourth-order valence-electron chi connectivity index (χ4n) is 5.58. The number of hydrogen-bond donors (Lipinski definition) is 2. The van der Waals surface area contributed by atoms with Crippen molar-refractivity contribution in [1.82, 2.24) is 9.88 Å². The lowest BCUT2D eigenvalue weighted by molar-refractivity contribution is -0.143. The number of hydrogen-bond acceptors (Lipinski definition) is 2. The van der Waals surface area contributed by atoms with Crippen LogP contribution in [0.15, 0.2) is 84.0 Å². The van der Waals surface area contributed by atoms with Gasteiger partial charge in [-0.1, -0.05) is 36.9 Å². The first-order chi connectivity index (χ1) is 20.9. The number of nitrogens with zero attached hydrogens (tertiary/aromatic N) is 1. The maximum absolute atomic E-state index is 13.7. The Morgan fingerprint density at radius 2 is 1.78 bits per heavy atom. The Labute approximate surface area is 256 Å². The topological polar surface area (TPSA) is 71.3 Å². The van der Waals surface area contributed by atoms with E-state index in [9.17, 15) is 41.0 Å². The van der Waals surface area contributed by atoms with Crippen molar-refractivity contribution in [3.63, 3.8) is 0 Å². The van der Waals surface area contributed by atoms with Crippen molar-refractivity contribution in [2.45, 2.75) is 59.1 Å². The number of benzene rings is 2. The summed E-state index contributed by atoms with van der Waals surface area (Å²) in [5, 5.41) is 12.7. The quantitative estimate of drug-likeness (QED) is 0.148. The summed E-state index contributed by atoms with van der Waals surface area (Å²) < 4.78 is 82.4. The second-order valence-electron chi connectivity index (χ2n) is 11.0. The van der Waals surface area contributed by atoms with E-state index in [0.717, 1.165) is 33.8 Å². The predicted octanol–water partition coefficient (Wildman–Crippen LogP) is 8.88. The molecule has 0 fully saturated rings. The predicted molar refractivity (Wildman–Crippen MR) is 160 cm³/mol. The van der Waals surface area contributed by atoms with Crippen LogP contribution in [0.1, 0.15) is 64.6 Å². The number of carboxylic acid groups (broad SMARTS) is 1. The lowest BCUT2D eigenvalue weighted by Crippen LogP contribution is -2.28. The maximum Gasteiger partial charge on any atom is 0.416 e. The molecule has 1 aromatic heterocycles. The number of carbonyl (C=O) groups is 2. The minimum Gasteiger partial charge on any atom is -0.478 e. The van der Waals surface area contributed by atoms with Gasteiger partial charge < -0.3 is 15.0 Å². The summed E-state index contributed by atoms with van der Waals surface area (Å²) in [6.45, 7) is 11.3. The molecule has 1 amide bonds. The molecule has 0 saturated heterocycles. The molecule has 2 aromatic carbocycles. The second-order valence-corrected chi connectivity index (χ2v) is 11.0. The van der Waals surface area contributed by atoms with Crippen LogP contribution >= 0.6 is 0 Å². The number of fused-ring (bicyclic) bond motifs is 1. The Hall–Kier alpha value is -4.54. The first kappa shape index (κ1) is 33.4. The largest absolute Gasteiger partial charge is 0.478 e. The Kier molecular flexibility index (Phi) is 9.23. The molecule has 1 heterocycles. The fraction of sp³-hybridized carbons (Fsp3) is 0.294. The fourth-order valence-corrected chi connectivity index (χ4v) is 5.58. The number of aromatic nitrogens is 1. The smallest absolute Gasteiger partial charge is 0.416 e. The summed E-state index contributed by atoms with van der Waals surface area (Å²) in [5.41, 5.74) is 0.880. The molecule has 2 N–H and O–H groups in total. The van der Waals surface area contributed by atoms with E-state index in [1.807, 2.05) is 32.1 Å². The van der Waals surface area contributed by atoms with E-state index in [-0.39, 0.29) is 23.1 Å². The number of nitrogens with one attached hydrogen (secondary N) is 1. The number of aryl methyl sites for hydroxylation is 1. The summed E-state index contributed by atoms with van der Waals surface area (Å²) in [7, 11) is 0. The molecule has 238 valence electrons. The van der Waals surface area contributed by atoms with Crippen molar-refractivity contribution < 1.29 is 41.0 Å². The van der Waals surface area contributed by atoms with Crippen LogP contribution < -0.4 is 5.32 Å². The molecular weight excluding hydrogens is 598 g/mol. The highest BCUT2D eigenvalue weighted by molar-refractivity contribution is 5.99. The maximum atomic E-state index is 13.7. The van der Waals surface area contributed by atoms with E-state index in [0.29, 0.717) is 24.6 Å². The van der Waals surface area contributed by atoms with E-state index in [1.54, 1.807) is 25.1 Å². The molecule has 0 saturated carbocycles. The normalized spacial score (nSPS) is 16.4. The second kappa shape index (κ2) is 12.5. The number of carbonyl (C=O) groups excluding carboxylic acids is 1. The van der Waals surface area contributed by atoms with Gasteiger partial charge in [-0.2, -0.15) is 26.3 Å². The zero-order chi connectivity index (χ0) is 33.4. The number of carboxylic acids is 1. The standard InChI is InChI=1S/C34H32F6N2O3/c1-6-26(32(44)45)19(3)23-9-7-22(8-10-23)17-42-21(5)18(2)28-15-24(11-14-30(28)42)31(43)41-20(4)27-13-12-25(33(35,36)37)16-29(27)34(38,39)40/h6-7,9-16,20,22H,3,8,17H2,1-2,4-5H3,(H,41,43)(H,44,45). The molecular formula is C34H32F6N2O3. The van der Waals surface area contributed by atoms with E-state index in [4.69, 9.17) is 0 Å². The third-order valence-corrected chi connectivity index (χ3v) is 8.20. The summed E-state index contributed by atoms with van der Waals surface area (Å²) in [4.78, 5) is 24.6. The van der Waals surface area contributed by atoms with E-state index in [1.165, 1.54) is 13.0 Å². The molecule has 2 unspecified atom stereocenters. The van der Waals surface area contributed by atoms with Crippen LogP contribution in [0.2, 0.25) is 0 Å². The minimum atomic E-state index is -5.06. The van der Waals surface area contributed by atoms with Gasteiger partial charge in [-0.15, -0.1) is 0 Å². The van der Waals surface area contributed by atoms with Crippen LogP contribution in [0.25, 0.3) is 10.9 Å². The van der Waals surface area contributed by atoms with Crippen LogP contribution in [-0.2, 0) is 23.7 Å². The van der Waals surface area contributed by atoms with Gasteiger partial charge in [0, 0.05) is 28.7 Å². The van der Waals surface area contributed by atoms with Gasteiger partial charge in [0.05, 0.1) is 22.7 Å². The van der Waals surface area contributed by atoms with Crippen LogP contribution in [0, 0.1) is 19.8 Å². The van der Waals surface area contributed by atoms with E-state index in [2.05, 4.69) is 16.5 Å². The number of halogens is 6. The lowest BCUT2D eigenvalue weighted by Gasteiger charge is -2.21. The van der Waals surface area contributed by atoms with Crippen molar-refractivity contribution in [1.29, 1.82) is 0 Å². The van der Waals surface area contributed by atoms with Crippen LogP contribution in [0.5, 0.6) is 0 Å². The van der Waals surface area contributed by atoms with Crippen LogP contribution in [-0.4, -0.2) is 21.6 Å². The van der Waals surface area contributed by atoms with Crippen molar-refractivity contribution in [2.75, 3.05) is 0 Å². The van der Waals surface area contributed by atoms with E-state index < -0.39 is 47.0 Å². The molecule has 5 nitrogen and oxygen atoms in total. The highest BCUT2D eigenvalue weighted by Crippen LogP contribution is 2.39. The number of amides is 1. The average molecular weight is 631 g/mol. The molecule has 3 aromatic rings. The molecule has 4 rings (SSSR count). The first-order valence-corrected chi connectivity index (χ1v) is 14.1. The number of rotatable bonds is 8. The monoisotopic (exact) mass is 630 g/mol. The number of aliphatic carboxylic acids is 1. The molecule has 11 heteroatoms. The van der Waals surface area contributed by atoms with Gasteiger partial charge >= 0.3 is 18.3 Å². The third-order valence-electron chi connectivity index (χ3n) is 8.20. The molecule has 1 aliphatic rings. The molecule has 0 bridgehead atoms. The van der Waals surface area contributed by atoms with Crippen molar-refractivity contribution >= 4 is 22.8 Å². The van der Waals surface area contributed by atoms with Crippen molar-refractivity contribution in [2.24, 2.45) is 5.92 Å². The van der Waals surface area contributed by atoms with Gasteiger partial charge in [-0.05, 0) is 92.6 Å². The summed E-state index contributed by atoms with van der Waals surface area (Å²) in [6, 6.07) is 5.10. The molecule has 45 heavy (non-hydrogen) atoms. The third kappa shape index (κ3) is 6.92. The van der Waals surface area contributed by atoms with Gasteiger partial charge in [-0.25, -0.2) is 4.79 Å². The van der Waals surface area contributed by atoms with Gasteiger partial charge in [0.15, 0.2) is 0 Å². The van der Waals surface area contributed by atoms with Crippen molar-refractivity contribution in [3.05, 3.63) is 118 Å². The lowest BCUT2D eigenvalue weighted by atomic mass is 9.90. The Morgan fingerprint density at radius 3 is 2.33 bits per heavy atom.